The van der Waals surface area contributed by atoms with Crippen molar-refractivity contribution in [3.63, 3.8) is 0 Å². The average molecular weight is 184 g/mol. The van der Waals surface area contributed by atoms with Crippen molar-refractivity contribution in [3.8, 4) is 0 Å². The summed E-state index contributed by atoms with van der Waals surface area (Å²) in [5.74, 6) is 0. The van der Waals surface area contributed by atoms with E-state index >= 15 is 0 Å². The molecule has 0 unspecified atom stereocenters. The number of hydrogen-bond donors (Lipinski definition) is 1. The Morgan fingerprint density at radius 3 is 1.36 bits per heavy atom. The quantitative estimate of drug-likeness (QED) is 0.635. The average Bonchev–Trinajstić information content (AvgIpc) is 1.88. The fourth-order valence-electron chi connectivity index (χ4n) is 0.672. The van der Waals surface area contributed by atoms with Crippen LogP contribution >= 0.6 is 8.17 Å². The van der Waals surface area contributed by atoms with E-state index in [4.69, 9.17) is 13.6 Å². The van der Waals surface area contributed by atoms with E-state index in [9.17, 15) is 4.89 Å². The zero-order valence-corrected chi connectivity index (χ0v) is 8.29. The Hall–Kier alpha value is 0.270. The van der Waals surface area contributed by atoms with Gasteiger partial charge < -0.3 is 0 Å². The van der Waals surface area contributed by atoms with Gasteiger partial charge in [0, 0.05) is 0 Å². The van der Waals surface area contributed by atoms with Crippen molar-refractivity contribution in [2.75, 3.05) is 19.8 Å². The van der Waals surface area contributed by atoms with Crippen molar-refractivity contribution < 1.29 is 18.5 Å². The van der Waals surface area contributed by atoms with Crippen LogP contribution in [0.5, 0.6) is 0 Å². The molecule has 0 aliphatic heterocycles. The summed E-state index contributed by atoms with van der Waals surface area (Å²) in [7, 11) is -3.25. The third kappa shape index (κ3) is 4.67. The normalized spacial score (nSPS) is 13.5. The molecule has 0 aliphatic carbocycles. The van der Waals surface area contributed by atoms with E-state index in [0.717, 1.165) is 0 Å². The van der Waals surface area contributed by atoms with Gasteiger partial charge >= 0.3 is 67.2 Å². The van der Waals surface area contributed by atoms with Crippen LogP contribution in [0, 0.1) is 0 Å². The molecule has 1 N–H and O–H groups in total. The Morgan fingerprint density at radius 1 is 0.909 bits per heavy atom. The van der Waals surface area contributed by atoms with E-state index in [1.165, 1.54) is 0 Å². The summed E-state index contributed by atoms with van der Waals surface area (Å²) < 4.78 is 14.9. The van der Waals surface area contributed by atoms with Gasteiger partial charge in [-0.15, -0.1) is 0 Å². The van der Waals surface area contributed by atoms with Crippen LogP contribution in [0.15, 0.2) is 0 Å². The Kier molecular flexibility index (Phi) is 6.01. The molecule has 0 aliphatic rings. The summed E-state index contributed by atoms with van der Waals surface area (Å²) in [6.07, 6.45) is 0. The fourth-order valence-corrected chi connectivity index (χ4v) is 2.02. The van der Waals surface area contributed by atoms with Crippen molar-refractivity contribution in [2.24, 2.45) is 0 Å². The number of rotatable bonds is 6. The summed E-state index contributed by atoms with van der Waals surface area (Å²) in [4.78, 5) is 9.48. The van der Waals surface area contributed by atoms with Gasteiger partial charge in [0.15, 0.2) is 0 Å². The molecular weight excluding hydrogens is 167 g/mol. The van der Waals surface area contributed by atoms with E-state index in [-0.39, 0.29) is 0 Å². The van der Waals surface area contributed by atoms with Crippen LogP contribution in [0.25, 0.3) is 0 Å². The SMILES string of the molecule is CCO[PH](O)(OCC)OCC. The van der Waals surface area contributed by atoms with Crippen molar-refractivity contribution >= 4 is 8.17 Å². The Bertz CT molecular complexity index is 81.6. The molecule has 0 atom stereocenters. The maximum absolute atomic E-state index is 9.48. The predicted molar refractivity (Wildman–Crippen MR) is 45.4 cm³/mol. The van der Waals surface area contributed by atoms with Crippen LogP contribution < -0.4 is 0 Å². The summed E-state index contributed by atoms with van der Waals surface area (Å²) in [6.45, 7) is 6.58. The molecule has 5 heteroatoms. The molecule has 70 valence electrons. The molecule has 4 nitrogen and oxygen atoms in total. The Balaban J connectivity index is 3.79. The summed E-state index contributed by atoms with van der Waals surface area (Å²) in [5, 5.41) is 0. The maximum atomic E-state index is 9.48. The molecule has 0 saturated heterocycles. The molecule has 0 amide bonds. The molecule has 0 fully saturated rings. The molecule has 0 spiro atoms. The van der Waals surface area contributed by atoms with E-state index in [1.807, 2.05) is 0 Å². The second-order valence-electron chi connectivity index (χ2n) is 1.82. The number of hydrogen-bond acceptors (Lipinski definition) is 4. The van der Waals surface area contributed by atoms with Gasteiger partial charge in [-0.05, 0) is 0 Å². The third-order valence-electron chi connectivity index (χ3n) is 0.980. The topological polar surface area (TPSA) is 47.9 Å². The molecule has 0 bridgehead atoms. The van der Waals surface area contributed by atoms with Gasteiger partial charge in [0.2, 0.25) is 0 Å². The van der Waals surface area contributed by atoms with Gasteiger partial charge in [-0.3, -0.25) is 0 Å². The van der Waals surface area contributed by atoms with Gasteiger partial charge in [-0.2, -0.15) is 0 Å². The second kappa shape index (κ2) is 5.86. The van der Waals surface area contributed by atoms with E-state index in [1.54, 1.807) is 20.8 Å². The Labute approximate surface area is 68.1 Å². The van der Waals surface area contributed by atoms with Gasteiger partial charge in [-0.25, -0.2) is 0 Å². The molecular formula is C6H17O4P. The summed E-state index contributed by atoms with van der Waals surface area (Å²) in [6, 6.07) is 0. The van der Waals surface area contributed by atoms with Crippen LogP contribution in [0.1, 0.15) is 20.8 Å². The minimum absolute atomic E-state index is 0.405. The first-order chi connectivity index (χ1) is 5.18. The van der Waals surface area contributed by atoms with Crippen LogP contribution in [-0.4, -0.2) is 24.7 Å². The van der Waals surface area contributed by atoms with E-state index < -0.39 is 8.17 Å². The first-order valence-corrected chi connectivity index (χ1v) is 5.50. The van der Waals surface area contributed by atoms with Crippen LogP contribution in [0.3, 0.4) is 0 Å². The minimum atomic E-state index is -3.25. The van der Waals surface area contributed by atoms with Crippen molar-refractivity contribution in [1.82, 2.24) is 0 Å². The van der Waals surface area contributed by atoms with Crippen molar-refractivity contribution in [2.45, 2.75) is 20.8 Å². The summed E-state index contributed by atoms with van der Waals surface area (Å²) in [5.41, 5.74) is 0. The molecule has 0 aromatic rings. The van der Waals surface area contributed by atoms with Gasteiger partial charge in [0.25, 0.3) is 0 Å². The summed E-state index contributed by atoms with van der Waals surface area (Å²) >= 11 is 0. The third-order valence-corrected chi connectivity index (χ3v) is 2.94. The molecule has 0 heterocycles. The zero-order chi connectivity index (χ0) is 8.74. The first kappa shape index (κ1) is 11.3. The second-order valence-corrected chi connectivity index (χ2v) is 3.74. The van der Waals surface area contributed by atoms with Gasteiger partial charge in [0.1, 0.15) is 0 Å². The van der Waals surface area contributed by atoms with Crippen LogP contribution in [-0.2, 0) is 13.6 Å². The molecule has 0 rings (SSSR count). The fraction of sp³-hybridized carbons (Fsp3) is 1.00. The molecule has 0 saturated carbocycles. The van der Waals surface area contributed by atoms with Crippen molar-refractivity contribution in [1.29, 1.82) is 0 Å². The van der Waals surface area contributed by atoms with Crippen LogP contribution in [0.2, 0.25) is 0 Å². The van der Waals surface area contributed by atoms with E-state index in [2.05, 4.69) is 0 Å². The molecule has 11 heavy (non-hydrogen) atoms. The standard InChI is InChI=1S/C6H17O4P/c1-4-8-11(7,9-5-2)10-6-3/h7,11H,4-6H2,1-3H3. The van der Waals surface area contributed by atoms with E-state index in [0.29, 0.717) is 19.8 Å². The predicted octanol–water partition coefficient (Wildman–Crippen LogP) is 1.50. The van der Waals surface area contributed by atoms with Crippen LogP contribution in [0.4, 0.5) is 0 Å². The molecule has 0 aromatic heterocycles. The van der Waals surface area contributed by atoms with Gasteiger partial charge in [-0.1, -0.05) is 0 Å². The Morgan fingerprint density at radius 2 is 1.18 bits per heavy atom. The zero-order valence-electron chi connectivity index (χ0n) is 7.29. The van der Waals surface area contributed by atoms with Crippen molar-refractivity contribution in [3.05, 3.63) is 0 Å². The van der Waals surface area contributed by atoms with Gasteiger partial charge in [0.05, 0.1) is 0 Å². The first-order valence-electron chi connectivity index (χ1n) is 3.82. The monoisotopic (exact) mass is 184 g/mol. The molecule has 0 radical (unpaired) electrons. The molecule has 0 aromatic carbocycles.